The molecule has 19 heavy (non-hydrogen) atoms. The molecule has 0 bridgehead atoms. The minimum Gasteiger partial charge on any atom is -0.348 e. The Morgan fingerprint density at radius 3 is 2.42 bits per heavy atom. The Balaban J connectivity index is 2.63. The van der Waals surface area contributed by atoms with Crippen molar-refractivity contribution in [2.24, 2.45) is 0 Å². The Bertz CT molecular complexity index is 457. The van der Waals surface area contributed by atoms with Crippen LogP contribution >= 0.6 is 0 Å². The largest absolute Gasteiger partial charge is 0.417 e. The number of anilines is 1. The van der Waals surface area contributed by atoms with Crippen LogP contribution in [0.3, 0.4) is 0 Å². The monoisotopic (exact) mass is 275 g/mol. The highest BCUT2D eigenvalue weighted by molar-refractivity contribution is 6.39. The molecule has 0 aliphatic rings. The summed E-state index contributed by atoms with van der Waals surface area (Å²) in [5, 5.41) is 4.43. The number of hydrogen-bond acceptors (Lipinski definition) is 3. The van der Waals surface area contributed by atoms with Crippen molar-refractivity contribution in [3.05, 3.63) is 23.9 Å². The fourth-order valence-corrected chi connectivity index (χ4v) is 1.13. The van der Waals surface area contributed by atoms with Gasteiger partial charge in [0.05, 0.1) is 5.56 Å². The number of amides is 2. The van der Waals surface area contributed by atoms with Gasteiger partial charge in [0.1, 0.15) is 5.82 Å². The van der Waals surface area contributed by atoms with Gasteiger partial charge >= 0.3 is 18.0 Å². The molecule has 1 heterocycles. The van der Waals surface area contributed by atoms with Crippen LogP contribution < -0.4 is 10.6 Å². The summed E-state index contributed by atoms with van der Waals surface area (Å²) in [6.07, 6.45) is -3.24. The van der Waals surface area contributed by atoms with Crippen LogP contribution in [0.1, 0.15) is 18.9 Å². The first-order valence-corrected chi connectivity index (χ1v) is 5.47. The number of halogens is 3. The Hall–Kier alpha value is -2.12. The van der Waals surface area contributed by atoms with Gasteiger partial charge in [-0.15, -0.1) is 0 Å². The Labute approximate surface area is 107 Å². The number of aromatic nitrogens is 1. The molecule has 0 radical (unpaired) electrons. The molecular formula is C11H12F3N3O2. The fraction of sp³-hybridized carbons (Fsp3) is 0.364. The molecule has 0 spiro atoms. The molecular weight excluding hydrogens is 263 g/mol. The molecule has 5 nitrogen and oxygen atoms in total. The summed E-state index contributed by atoms with van der Waals surface area (Å²) in [6.45, 7) is 2.16. The lowest BCUT2D eigenvalue weighted by atomic mass is 10.3. The highest BCUT2D eigenvalue weighted by Gasteiger charge is 2.30. The van der Waals surface area contributed by atoms with Crippen molar-refractivity contribution < 1.29 is 22.8 Å². The summed E-state index contributed by atoms with van der Waals surface area (Å²) in [5.74, 6) is -1.95. The summed E-state index contributed by atoms with van der Waals surface area (Å²) in [4.78, 5) is 25.9. The van der Waals surface area contributed by atoms with E-state index >= 15 is 0 Å². The standard InChI is InChI=1S/C11H12F3N3O2/c1-2-5-15-9(18)10(19)17-8-4-3-7(6-16-8)11(12,13)14/h3-4,6H,2,5H2,1H3,(H,15,18)(H,16,17,19). The normalized spacial score (nSPS) is 10.9. The lowest BCUT2D eigenvalue weighted by Crippen LogP contribution is -2.35. The molecule has 0 saturated heterocycles. The van der Waals surface area contributed by atoms with Crippen molar-refractivity contribution in [2.45, 2.75) is 19.5 Å². The number of nitrogens with zero attached hydrogens (tertiary/aromatic N) is 1. The van der Waals surface area contributed by atoms with Crippen LogP contribution in [-0.2, 0) is 15.8 Å². The lowest BCUT2D eigenvalue weighted by molar-refractivity contribution is -0.137. The molecule has 0 unspecified atom stereocenters. The van der Waals surface area contributed by atoms with Gasteiger partial charge in [-0.1, -0.05) is 6.92 Å². The second kappa shape index (κ2) is 6.17. The number of rotatable bonds is 3. The van der Waals surface area contributed by atoms with Gasteiger partial charge in [-0.3, -0.25) is 9.59 Å². The fourth-order valence-electron chi connectivity index (χ4n) is 1.13. The Morgan fingerprint density at radius 2 is 1.95 bits per heavy atom. The first kappa shape index (κ1) is 14.9. The summed E-state index contributed by atoms with van der Waals surface area (Å²) in [5.41, 5.74) is -0.930. The lowest BCUT2D eigenvalue weighted by Gasteiger charge is -2.07. The maximum atomic E-state index is 12.3. The van der Waals surface area contributed by atoms with Crippen LogP contribution in [0.2, 0.25) is 0 Å². The zero-order valence-electron chi connectivity index (χ0n) is 10.0. The molecule has 1 aromatic heterocycles. The van der Waals surface area contributed by atoms with Gasteiger partial charge < -0.3 is 10.6 Å². The van der Waals surface area contributed by atoms with Crippen molar-refractivity contribution in [3.8, 4) is 0 Å². The third-order valence-corrected chi connectivity index (χ3v) is 2.07. The first-order valence-electron chi connectivity index (χ1n) is 5.47. The van der Waals surface area contributed by atoms with Crippen LogP contribution in [0.15, 0.2) is 18.3 Å². The van der Waals surface area contributed by atoms with Crippen LogP contribution in [-0.4, -0.2) is 23.3 Å². The summed E-state index contributed by atoms with van der Waals surface area (Å²) in [6, 6.07) is 1.75. The molecule has 8 heteroatoms. The molecule has 0 fully saturated rings. The SMILES string of the molecule is CCCNC(=O)C(=O)Nc1ccc(C(F)(F)F)cn1. The van der Waals surface area contributed by atoms with Crippen molar-refractivity contribution in [3.63, 3.8) is 0 Å². The quantitative estimate of drug-likeness (QED) is 0.822. The molecule has 0 aromatic carbocycles. The minimum atomic E-state index is -4.49. The Kier molecular flexibility index (Phi) is 4.85. The number of nitrogens with one attached hydrogen (secondary N) is 2. The zero-order chi connectivity index (χ0) is 14.5. The number of hydrogen-bond donors (Lipinski definition) is 2. The van der Waals surface area contributed by atoms with Crippen molar-refractivity contribution in [1.29, 1.82) is 0 Å². The van der Waals surface area contributed by atoms with Gasteiger partial charge in [0.2, 0.25) is 0 Å². The second-order valence-corrected chi connectivity index (χ2v) is 3.64. The molecule has 1 aromatic rings. The van der Waals surface area contributed by atoms with E-state index in [-0.39, 0.29) is 5.82 Å². The smallest absolute Gasteiger partial charge is 0.348 e. The van der Waals surface area contributed by atoms with Crippen molar-refractivity contribution >= 4 is 17.6 Å². The molecule has 0 aliphatic carbocycles. The number of carbonyl (C=O) groups excluding carboxylic acids is 2. The average molecular weight is 275 g/mol. The van der Waals surface area contributed by atoms with Crippen LogP contribution in [0.4, 0.5) is 19.0 Å². The van der Waals surface area contributed by atoms with E-state index in [1.54, 1.807) is 0 Å². The zero-order valence-corrected chi connectivity index (χ0v) is 10.0. The van der Waals surface area contributed by atoms with Gasteiger partial charge in [-0.25, -0.2) is 4.98 Å². The van der Waals surface area contributed by atoms with E-state index in [0.29, 0.717) is 19.2 Å². The molecule has 1 rings (SSSR count). The minimum absolute atomic E-state index is 0.121. The summed E-state index contributed by atoms with van der Waals surface area (Å²) >= 11 is 0. The van der Waals surface area contributed by atoms with Crippen molar-refractivity contribution in [2.75, 3.05) is 11.9 Å². The molecule has 2 N–H and O–H groups in total. The Morgan fingerprint density at radius 1 is 1.26 bits per heavy atom. The van der Waals surface area contributed by atoms with Crippen LogP contribution in [0.25, 0.3) is 0 Å². The first-order chi connectivity index (χ1) is 8.84. The van der Waals surface area contributed by atoms with Gasteiger partial charge in [0.15, 0.2) is 0 Å². The van der Waals surface area contributed by atoms with E-state index in [1.807, 2.05) is 6.92 Å². The van der Waals surface area contributed by atoms with Gasteiger partial charge in [-0.05, 0) is 18.6 Å². The highest BCUT2D eigenvalue weighted by Crippen LogP contribution is 2.28. The molecule has 0 saturated carbocycles. The second-order valence-electron chi connectivity index (χ2n) is 3.64. The number of pyridine rings is 1. The molecule has 2 amide bonds. The third kappa shape index (κ3) is 4.57. The van der Waals surface area contributed by atoms with E-state index in [4.69, 9.17) is 0 Å². The predicted octanol–water partition coefficient (Wildman–Crippen LogP) is 1.57. The van der Waals surface area contributed by atoms with E-state index in [1.165, 1.54) is 0 Å². The van der Waals surface area contributed by atoms with E-state index in [2.05, 4.69) is 15.6 Å². The molecule has 0 atom stereocenters. The van der Waals surface area contributed by atoms with Gasteiger partial charge in [-0.2, -0.15) is 13.2 Å². The van der Waals surface area contributed by atoms with E-state index in [0.717, 1.165) is 12.1 Å². The number of alkyl halides is 3. The molecule has 0 aliphatic heterocycles. The van der Waals surface area contributed by atoms with Gasteiger partial charge in [0, 0.05) is 12.7 Å². The topological polar surface area (TPSA) is 71.1 Å². The van der Waals surface area contributed by atoms with Crippen LogP contribution in [0, 0.1) is 0 Å². The van der Waals surface area contributed by atoms with E-state index in [9.17, 15) is 22.8 Å². The van der Waals surface area contributed by atoms with Gasteiger partial charge in [0.25, 0.3) is 0 Å². The maximum absolute atomic E-state index is 12.3. The number of carbonyl (C=O) groups is 2. The third-order valence-electron chi connectivity index (χ3n) is 2.07. The maximum Gasteiger partial charge on any atom is 0.417 e. The van der Waals surface area contributed by atoms with E-state index < -0.39 is 23.6 Å². The highest BCUT2D eigenvalue weighted by atomic mass is 19.4. The molecule has 104 valence electrons. The summed E-state index contributed by atoms with van der Waals surface area (Å²) < 4.78 is 36.8. The summed E-state index contributed by atoms with van der Waals surface area (Å²) in [7, 11) is 0. The van der Waals surface area contributed by atoms with Crippen molar-refractivity contribution in [1.82, 2.24) is 10.3 Å². The van der Waals surface area contributed by atoms with Crippen LogP contribution in [0.5, 0.6) is 0 Å². The predicted molar refractivity (Wildman–Crippen MR) is 61.2 cm³/mol. The average Bonchev–Trinajstić information content (AvgIpc) is 2.35.